The standard InChI is InChI=1S/C23H32N4OS/c1-5-27(4)15-24-20-12-16(2)18(11-17(20)3)13-22-26-21(14-29-22)23(28)25-19-9-7-6-8-10-19/h11-12,14-15,19H,5-10,13H2,1-4H3,(H,25,28)/b24-15+. The van der Waals surface area contributed by atoms with Crippen LogP contribution in [0, 0.1) is 13.8 Å². The van der Waals surface area contributed by atoms with Gasteiger partial charge in [0.25, 0.3) is 5.91 Å². The first-order valence-electron chi connectivity index (χ1n) is 10.6. The second-order valence-electron chi connectivity index (χ2n) is 7.99. The molecule has 1 saturated carbocycles. The molecule has 156 valence electrons. The molecule has 1 aromatic carbocycles. The number of hydrogen-bond donors (Lipinski definition) is 1. The van der Waals surface area contributed by atoms with Gasteiger partial charge in [0.2, 0.25) is 0 Å². The molecule has 1 aromatic heterocycles. The molecule has 2 aromatic rings. The zero-order valence-electron chi connectivity index (χ0n) is 18.0. The summed E-state index contributed by atoms with van der Waals surface area (Å²) in [5.74, 6) is -0.0305. The van der Waals surface area contributed by atoms with Crippen LogP contribution < -0.4 is 5.32 Å². The molecule has 0 unspecified atom stereocenters. The number of hydrogen-bond acceptors (Lipinski definition) is 4. The lowest BCUT2D eigenvalue weighted by Gasteiger charge is -2.22. The Morgan fingerprint density at radius 3 is 2.76 bits per heavy atom. The second kappa shape index (κ2) is 10.0. The first-order valence-corrected chi connectivity index (χ1v) is 11.4. The van der Waals surface area contributed by atoms with Crippen LogP contribution in [0.25, 0.3) is 0 Å². The van der Waals surface area contributed by atoms with Gasteiger partial charge in [-0.25, -0.2) is 9.98 Å². The number of carbonyl (C=O) groups excluding carboxylic acids is 1. The molecular formula is C23H32N4OS. The highest BCUT2D eigenvalue weighted by atomic mass is 32.1. The monoisotopic (exact) mass is 412 g/mol. The van der Waals surface area contributed by atoms with Gasteiger partial charge in [-0.15, -0.1) is 11.3 Å². The highest BCUT2D eigenvalue weighted by Gasteiger charge is 2.18. The summed E-state index contributed by atoms with van der Waals surface area (Å²) in [5.41, 5.74) is 5.13. The SMILES string of the molecule is CCN(C)/C=N/c1cc(C)c(Cc2nc(C(=O)NC3CCCCC3)cs2)cc1C. The molecule has 1 N–H and O–H groups in total. The Balaban J connectivity index is 1.66. The normalized spacial score (nSPS) is 15.0. The number of amides is 1. The molecule has 0 saturated heterocycles. The van der Waals surface area contributed by atoms with E-state index in [1.54, 1.807) is 11.3 Å². The van der Waals surface area contributed by atoms with Gasteiger partial charge in [-0.05, 0) is 56.4 Å². The van der Waals surface area contributed by atoms with Crippen molar-refractivity contribution in [3.8, 4) is 0 Å². The van der Waals surface area contributed by atoms with Gasteiger partial charge >= 0.3 is 0 Å². The molecule has 5 nitrogen and oxygen atoms in total. The number of aryl methyl sites for hydroxylation is 2. The third kappa shape index (κ3) is 5.89. The van der Waals surface area contributed by atoms with Crippen molar-refractivity contribution >= 4 is 29.3 Å². The van der Waals surface area contributed by atoms with Crippen LogP contribution in [-0.4, -0.2) is 41.8 Å². The molecule has 0 atom stereocenters. The van der Waals surface area contributed by atoms with Crippen molar-refractivity contribution in [3.63, 3.8) is 0 Å². The summed E-state index contributed by atoms with van der Waals surface area (Å²) < 4.78 is 0. The quantitative estimate of drug-likeness (QED) is 0.513. The van der Waals surface area contributed by atoms with Crippen LogP contribution in [0.15, 0.2) is 22.5 Å². The topological polar surface area (TPSA) is 57.6 Å². The van der Waals surface area contributed by atoms with Gasteiger partial charge in [-0.1, -0.05) is 25.3 Å². The predicted molar refractivity (Wildman–Crippen MR) is 122 cm³/mol. The molecule has 3 rings (SSSR count). The van der Waals surface area contributed by atoms with Gasteiger partial charge in [0.1, 0.15) is 5.69 Å². The fraction of sp³-hybridized carbons (Fsp3) is 0.522. The Hall–Kier alpha value is -2.21. The van der Waals surface area contributed by atoms with Crippen molar-refractivity contribution in [2.45, 2.75) is 65.3 Å². The van der Waals surface area contributed by atoms with Crippen molar-refractivity contribution in [3.05, 3.63) is 44.9 Å². The van der Waals surface area contributed by atoms with Crippen molar-refractivity contribution in [2.24, 2.45) is 4.99 Å². The van der Waals surface area contributed by atoms with Gasteiger partial charge < -0.3 is 10.2 Å². The summed E-state index contributed by atoms with van der Waals surface area (Å²) in [7, 11) is 2.02. The molecule has 1 aliphatic rings. The molecule has 0 bridgehead atoms. The van der Waals surface area contributed by atoms with E-state index in [9.17, 15) is 4.79 Å². The Kier molecular flexibility index (Phi) is 7.42. The van der Waals surface area contributed by atoms with Crippen LogP contribution in [0.5, 0.6) is 0 Å². The van der Waals surface area contributed by atoms with Crippen molar-refractivity contribution in [1.82, 2.24) is 15.2 Å². The summed E-state index contributed by atoms with van der Waals surface area (Å²) in [6.45, 7) is 7.24. The predicted octanol–water partition coefficient (Wildman–Crippen LogP) is 5.02. The average molecular weight is 413 g/mol. The summed E-state index contributed by atoms with van der Waals surface area (Å²) >= 11 is 1.56. The lowest BCUT2D eigenvalue weighted by atomic mass is 9.95. The van der Waals surface area contributed by atoms with Crippen molar-refractivity contribution in [2.75, 3.05) is 13.6 Å². The lowest BCUT2D eigenvalue weighted by molar-refractivity contribution is 0.0923. The lowest BCUT2D eigenvalue weighted by Crippen LogP contribution is -2.36. The summed E-state index contributed by atoms with van der Waals surface area (Å²) in [6.07, 6.45) is 8.49. The van der Waals surface area contributed by atoms with Gasteiger partial charge in [0.05, 0.1) is 17.0 Å². The van der Waals surface area contributed by atoms with E-state index in [-0.39, 0.29) is 5.91 Å². The van der Waals surface area contributed by atoms with Crippen molar-refractivity contribution in [1.29, 1.82) is 0 Å². The molecule has 29 heavy (non-hydrogen) atoms. The van der Waals surface area contributed by atoms with Crippen LogP contribution in [0.4, 0.5) is 5.69 Å². The van der Waals surface area contributed by atoms with E-state index in [0.717, 1.165) is 42.1 Å². The summed E-state index contributed by atoms with van der Waals surface area (Å²) in [5, 5.41) is 6.01. The number of benzene rings is 1. The molecule has 0 aliphatic heterocycles. The smallest absolute Gasteiger partial charge is 0.270 e. The van der Waals surface area contributed by atoms with Crippen LogP contribution >= 0.6 is 11.3 Å². The van der Waals surface area contributed by atoms with E-state index >= 15 is 0 Å². The number of carbonyl (C=O) groups is 1. The fourth-order valence-electron chi connectivity index (χ4n) is 3.60. The van der Waals surface area contributed by atoms with Crippen LogP contribution in [0.1, 0.15) is 71.2 Å². The van der Waals surface area contributed by atoms with Gasteiger partial charge in [0, 0.05) is 31.4 Å². The zero-order valence-corrected chi connectivity index (χ0v) is 18.8. The molecule has 1 aliphatic carbocycles. The molecule has 0 spiro atoms. The highest BCUT2D eigenvalue weighted by molar-refractivity contribution is 7.09. The summed E-state index contributed by atoms with van der Waals surface area (Å²) in [6, 6.07) is 4.64. The van der Waals surface area contributed by atoms with Crippen molar-refractivity contribution < 1.29 is 4.79 Å². The minimum atomic E-state index is -0.0305. The maximum absolute atomic E-state index is 12.5. The maximum atomic E-state index is 12.5. The minimum absolute atomic E-state index is 0.0305. The van der Waals surface area contributed by atoms with Gasteiger partial charge in [0.15, 0.2) is 0 Å². The maximum Gasteiger partial charge on any atom is 0.270 e. The van der Waals surface area contributed by atoms with Gasteiger partial charge in [-0.3, -0.25) is 4.79 Å². The largest absolute Gasteiger partial charge is 0.366 e. The van der Waals surface area contributed by atoms with Crippen LogP contribution in [0.2, 0.25) is 0 Å². The molecule has 1 amide bonds. The Morgan fingerprint density at radius 2 is 2.03 bits per heavy atom. The Bertz CT molecular complexity index is 868. The molecule has 1 heterocycles. The number of nitrogens with zero attached hydrogens (tertiary/aromatic N) is 3. The molecule has 1 fully saturated rings. The zero-order chi connectivity index (χ0) is 20.8. The molecule has 0 radical (unpaired) electrons. The van der Waals surface area contributed by atoms with E-state index in [2.05, 4.69) is 53.1 Å². The van der Waals surface area contributed by atoms with E-state index in [0.29, 0.717) is 11.7 Å². The summed E-state index contributed by atoms with van der Waals surface area (Å²) in [4.78, 5) is 23.8. The second-order valence-corrected chi connectivity index (χ2v) is 8.94. The minimum Gasteiger partial charge on any atom is -0.366 e. The third-order valence-corrected chi connectivity index (χ3v) is 6.46. The van der Waals surface area contributed by atoms with E-state index < -0.39 is 0 Å². The Morgan fingerprint density at radius 1 is 1.28 bits per heavy atom. The number of rotatable bonds is 7. The van der Waals surface area contributed by atoms with E-state index in [1.165, 1.54) is 30.4 Å². The van der Waals surface area contributed by atoms with Crippen LogP contribution in [-0.2, 0) is 6.42 Å². The Labute approximate surface area is 178 Å². The third-order valence-electron chi connectivity index (χ3n) is 5.61. The number of aliphatic imine (C=N–C) groups is 1. The number of aromatic nitrogens is 1. The number of nitrogens with one attached hydrogen (secondary N) is 1. The first kappa shape index (κ1) is 21.5. The van der Waals surface area contributed by atoms with E-state index in [4.69, 9.17) is 0 Å². The molecule has 6 heteroatoms. The number of thiazole rings is 1. The highest BCUT2D eigenvalue weighted by Crippen LogP contribution is 2.26. The molecular weight excluding hydrogens is 380 g/mol. The van der Waals surface area contributed by atoms with Crippen LogP contribution in [0.3, 0.4) is 0 Å². The average Bonchev–Trinajstić information content (AvgIpc) is 3.18. The van der Waals surface area contributed by atoms with E-state index in [1.807, 2.05) is 18.8 Å². The first-order chi connectivity index (χ1) is 14.0. The van der Waals surface area contributed by atoms with Gasteiger partial charge in [-0.2, -0.15) is 0 Å². The fourth-order valence-corrected chi connectivity index (χ4v) is 4.40.